The van der Waals surface area contributed by atoms with Crippen LogP contribution in [0.3, 0.4) is 0 Å². The maximum Gasteiger partial charge on any atom is 0.335 e. The van der Waals surface area contributed by atoms with Crippen LogP contribution in [0.2, 0.25) is 0 Å². The number of carboxylic acids is 1. The number of piperidine rings is 1. The zero-order chi connectivity index (χ0) is 15.5. The van der Waals surface area contributed by atoms with Crippen LogP contribution in [0.1, 0.15) is 28.8 Å². The van der Waals surface area contributed by atoms with Gasteiger partial charge in [0.15, 0.2) is 0 Å². The number of carbonyl (C=O) groups excluding carboxylic acids is 1. The van der Waals surface area contributed by atoms with Crippen LogP contribution in [-0.2, 0) is 11.2 Å². The molecule has 1 aromatic rings. The summed E-state index contributed by atoms with van der Waals surface area (Å²) in [4.78, 5) is 22.8. The van der Waals surface area contributed by atoms with Crippen LogP contribution < -0.4 is 11.1 Å². The Morgan fingerprint density at radius 3 is 2.33 bits per heavy atom. The molecule has 1 aromatic carbocycles. The average Bonchev–Trinajstić information content (AvgIpc) is 2.48. The first-order valence-electron chi connectivity index (χ1n) is 6.98. The minimum Gasteiger partial charge on any atom is -0.478 e. The number of nitrogens with one attached hydrogen (secondary N) is 1. The number of rotatable bonds is 5. The fourth-order valence-electron chi connectivity index (χ4n) is 2.81. The van der Waals surface area contributed by atoms with Gasteiger partial charge in [-0.2, -0.15) is 12.6 Å². The predicted molar refractivity (Wildman–Crippen MR) is 83.6 cm³/mol. The molecular weight excluding hydrogens is 288 g/mol. The van der Waals surface area contributed by atoms with Gasteiger partial charge in [-0.25, -0.2) is 4.79 Å². The van der Waals surface area contributed by atoms with Crippen molar-refractivity contribution < 1.29 is 14.7 Å². The molecule has 1 fully saturated rings. The van der Waals surface area contributed by atoms with E-state index in [0.717, 1.165) is 31.5 Å². The number of primary amides is 1. The number of hydrogen-bond donors (Lipinski definition) is 4. The quantitative estimate of drug-likeness (QED) is 0.613. The molecule has 4 N–H and O–H groups in total. The average molecular weight is 308 g/mol. The van der Waals surface area contributed by atoms with Crippen LogP contribution in [0.4, 0.5) is 0 Å². The summed E-state index contributed by atoms with van der Waals surface area (Å²) in [6, 6.07) is 6.52. The second-order valence-electron chi connectivity index (χ2n) is 5.49. The Morgan fingerprint density at radius 1 is 1.29 bits per heavy atom. The highest BCUT2D eigenvalue weighted by molar-refractivity contribution is 7.82. The number of amides is 1. The molecule has 1 unspecified atom stereocenters. The molecular formula is C15H20N2O3S. The summed E-state index contributed by atoms with van der Waals surface area (Å²) in [5.74, 6) is -1.26. The molecule has 1 amide bonds. The van der Waals surface area contributed by atoms with Gasteiger partial charge >= 0.3 is 5.97 Å². The number of nitrogens with two attached hydrogens (primary N) is 1. The lowest BCUT2D eigenvalue weighted by molar-refractivity contribution is -0.121. The van der Waals surface area contributed by atoms with E-state index in [1.165, 1.54) is 12.1 Å². The van der Waals surface area contributed by atoms with E-state index in [0.29, 0.717) is 6.42 Å². The minimum absolute atomic E-state index is 0.124. The molecule has 2 rings (SSSR count). The topological polar surface area (TPSA) is 92.4 Å². The first-order chi connectivity index (χ1) is 9.93. The van der Waals surface area contributed by atoms with Gasteiger partial charge in [-0.15, -0.1) is 0 Å². The van der Waals surface area contributed by atoms with Crippen molar-refractivity contribution in [2.45, 2.75) is 24.0 Å². The summed E-state index contributed by atoms with van der Waals surface area (Å²) in [6.45, 7) is 1.72. The lowest BCUT2D eigenvalue weighted by Gasteiger charge is -2.37. The normalized spacial score (nSPS) is 18.9. The predicted octanol–water partition coefficient (Wildman–Crippen LogP) is 1.08. The van der Waals surface area contributed by atoms with E-state index in [4.69, 9.17) is 10.8 Å². The van der Waals surface area contributed by atoms with E-state index in [2.05, 4.69) is 17.9 Å². The van der Waals surface area contributed by atoms with Gasteiger partial charge in [-0.05, 0) is 56.0 Å². The van der Waals surface area contributed by atoms with E-state index >= 15 is 0 Å². The molecule has 21 heavy (non-hydrogen) atoms. The molecule has 0 aliphatic carbocycles. The van der Waals surface area contributed by atoms with Gasteiger partial charge in [0.1, 0.15) is 0 Å². The van der Waals surface area contributed by atoms with Crippen molar-refractivity contribution in [2.24, 2.45) is 11.7 Å². The molecule has 1 aliphatic rings. The van der Waals surface area contributed by atoms with Crippen LogP contribution in [0.5, 0.6) is 0 Å². The summed E-state index contributed by atoms with van der Waals surface area (Å²) in [7, 11) is 0. The van der Waals surface area contributed by atoms with E-state index in [9.17, 15) is 9.59 Å². The Hall–Kier alpha value is -1.53. The van der Waals surface area contributed by atoms with Crippen molar-refractivity contribution in [3.05, 3.63) is 35.4 Å². The van der Waals surface area contributed by atoms with Crippen molar-refractivity contribution in [3.8, 4) is 0 Å². The number of benzene rings is 1. The third kappa shape index (κ3) is 3.57. The fraction of sp³-hybridized carbons (Fsp3) is 0.467. The summed E-state index contributed by atoms with van der Waals surface area (Å²) in [5, 5.41) is 12.2. The van der Waals surface area contributed by atoms with Gasteiger partial charge in [0.2, 0.25) is 5.91 Å². The third-order valence-electron chi connectivity index (χ3n) is 4.12. The van der Waals surface area contributed by atoms with Gasteiger partial charge in [0, 0.05) is 0 Å². The molecule has 0 saturated carbocycles. The van der Waals surface area contributed by atoms with Gasteiger partial charge in [-0.3, -0.25) is 4.79 Å². The Kier molecular flexibility index (Phi) is 4.90. The largest absolute Gasteiger partial charge is 0.478 e. The van der Waals surface area contributed by atoms with Crippen LogP contribution in [0.15, 0.2) is 24.3 Å². The van der Waals surface area contributed by atoms with Gasteiger partial charge < -0.3 is 16.2 Å². The lowest BCUT2D eigenvalue weighted by atomic mass is 9.79. The Bertz CT molecular complexity index is 526. The van der Waals surface area contributed by atoms with Crippen molar-refractivity contribution >= 4 is 24.5 Å². The molecule has 1 atom stereocenters. The SMILES string of the molecule is NC(=O)C(S)(Cc1ccc(C(=O)O)cc1)C1CCNCC1. The fourth-order valence-corrected chi connectivity index (χ4v) is 3.25. The maximum atomic E-state index is 11.9. The summed E-state index contributed by atoms with van der Waals surface area (Å²) < 4.78 is -0.896. The highest BCUT2D eigenvalue weighted by Crippen LogP contribution is 2.35. The van der Waals surface area contributed by atoms with Crippen LogP contribution in [0, 0.1) is 5.92 Å². The zero-order valence-corrected chi connectivity index (χ0v) is 12.6. The van der Waals surface area contributed by atoms with Crippen LogP contribution >= 0.6 is 12.6 Å². The number of carboxylic acid groups (broad SMARTS) is 1. The number of aromatic carboxylic acids is 1. The third-order valence-corrected chi connectivity index (χ3v) is 4.86. The Labute approximate surface area is 129 Å². The Balaban J connectivity index is 2.18. The Morgan fingerprint density at radius 2 is 1.86 bits per heavy atom. The molecule has 1 heterocycles. The van der Waals surface area contributed by atoms with Crippen LogP contribution in [0.25, 0.3) is 0 Å². The molecule has 0 radical (unpaired) electrons. The van der Waals surface area contributed by atoms with E-state index in [-0.39, 0.29) is 11.5 Å². The summed E-state index contributed by atoms with van der Waals surface area (Å²) in [6.07, 6.45) is 2.13. The molecule has 1 aliphatic heterocycles. The molecule has 1 saturated heterocycles. The molecule has 6 heteroatoms. The van der Waals surface area contributed by atoms with E-state index in [1.807, 2.05) is 0 Å². The van der Waals surface area contributed by atoms with E-state index < -0.39 is 16.6 Å². The number of hydrogen-bond acceptors (Lipinski definition) is 4. The second kappa shape index (κ2) is 6.49. The standard InChI is InChI=1S/C15H20N2O3S/c16-14(20)15(21,12-5-7-17-8-6-12)9-10-1-3-11(4-2-10)13(18)19/h1-4,12,17,21H,5-9H2,(H2,16,20)(H,18,19). The first kappa shape index (κ1) is 15.9. The van der Waals surface area contributed by atoms with Gasteiger partial charge in [0.25, 0.3) is 0 Å². The highest BCUT2D eigenvalue weighted by Gasteiger charge is 2.41. The van der Waals surface area contributed by atoms with Crippen molar-refractivity contribution in [1.82, 2.24) is 5.32 Å². The molecule has 0 spiro atoms. The van der Waals surface area contributed by atoms with Crippen molar-refractivity contribution in [1.29, 1.82) is 0 Å². The number of thiol groups is 1. The van der Waals surface area contributed by atoms with E-state index in [1.54, 1.807) is 12.1 Å². The summed E-state index contributed by atoms with van der Waals surface area (Å²) in [5.41, 5.74) is 6.69. The monoisotopic (exact) mass is 308 g/mol. The smallest absolute Gasteiger partial charge is 0.335 e. The summed E-state index contributed by atoms with van der Waals surface area (Å²) >= 11 is 4.62. The molecule has 5 nitrogen and oxygen atoms in total. The second-order valence-corrected chi connectivity index (χ2v) is 6.29. The number of carbonyl (C=O) groups is 2. The zero-order valence-electron chi connectivity index (χ0n) is 11.7. The molecule has 0 aromatic heterocycles. The van der Waals surface area contributed by atoms with Crippen molar-refractivity contribution in [3.63, 3.8) is 0 Å². The van der Waals surface area contributed by atoms with Gasteiger partial charge in [0.05, 0.1) is 10.3 Å². The van der Waals surface area contributed by atoms with Crippen molar-refractivity contribution in [2.75, 3.05) is 13.1 Å². The highest BCUT2D eigenvalue weighted by atomic mass is 32.1. The molecule has 114 valence electrons. The minimum atomic E-state index is -0.966. The molecule has 0 bridgehead atoms. The van der Waals surface area contributed by atoms with Crippen LogP contribution in [-0.4, -0.2) is 34.8 Å². The maximum absolute atomic E-state index is 11.9. The van der Waals surface area contributed by atoms with Gasteiger partial charge in [-0.1, -0.05) is 12.1 Å². The first-order valence-corrected chi connectivity index (χ1v) is 7.43. The lowest BCUT2D eigenvalue weighted by Crippen LogP contribution is -2.50.